The lowest BCUT2D eigenvalue weighted by atomic mass is 10.2. The van der Waals surface area contributed by atoms with Crippen LogP contribution in [0.5, 0.6) is 0 Å². The number of nitrogens with one attached hydrogen (secondary N) is 1. The fourth-order valence-electron chi connectivity index (χ4n) is 1.75. The molecule has 0 bridgehead atoms. The number of halogens is 2. The molecule has 0 aliphatic heterocycles. The molecule has 0 spiro atoms. The molecule has 0 heterocycles. The number of rotatable bonds is 5. The Morgan fingerprint density at radius 2 is 1.90 bits per heavy atom. The van der Waals surface area contributed by atoms with Crippen molar-refractivity contribution in [2.45, 2.75) is 18.0 Å². The lowest BCUT2D eigenvalue weighted by molar-refractivity contribution is 0.281. The van der Waals surface area contributed by atoms with Gasteiger partial charge in [-0.25, -0.2) is 17.5 Å². The highest BCUT2D eigenvalue weighted by atomic mass is 79.9. The zero-order valence-corrected chi connectivity index (χ0v) is 13.3. The highest BCUT2D eigenvalue weighted by Crippen LogP contribution is 2.19. The van der Waals surface area contributed by atoms with Gasteiger partial charge in [0.25, 0.3) is 0 Å². The van der Waals surface area contributed by atoms with Crippen LogP contribution in [-0.4, -0.2) is 13.5 Å². The second-order valence-corrected chi connectivity index (χ2v) is 6.93. The molecule has 0 saturated heterocycles. The summed E-state index contributed by atoms with van der Waals surface area (Å²) >= 11 is 3.32. The summed E-state index contributed by atoms with van der Waals surface area (Å²) < 4.78 is 41.1. The highest BCUT2D eigenvalue weighted by molar-refractivity contribution is 9.10. The normalized spacial score (nSPS) is 11.6. The van der Waals surface area contributed by atoms with E-state index in [4.69, 9.17) is 5.11 Å². The average molecular weight is 374 g/mol. The second kappa shape index (κ2) is 6.65. The van der Waals surface area contributed by atoms with Gasteiger partial charge in [-0.2, -0.15) is 0 Å². The fraction of sp³-hybridized carbons (Fsp3) is 0.143. The summed E-state index contributed by atoms with van der Waals surface area (Å²) in [5.41, 5.74) is 1.06. The lowest BCUT2D eigenvalue weighted by Gasteiger charge is -2.09. The van der Waals surface area contributed by atoms with Crippen molar-refractivity contribution < 1.29 is 17.9 Å². The van der Waals surface area contributed by atoms with Crippen LogP contribution >= 0.6 is 15.9 Å². The first-order valence-corrected chi connectivity index (χ1v) is 8.34. The van der Waals surface area contributed by atoms with Crippen LogP contribution in [0.3, 0.4) is 0 Å². The largest absolute Gasteiger partial charge is 0.392 e. The standard InChI is InChI=1S/C14H13BrFNO3S/c15-12-4-2-1-3-11(12)8-17-21(19,20)14-6-5-10(9-18)7-13(14)16/h1-7,17-18H,8-9H2. The van der Waals surface area contributed by atoms with E-state index in [9.17, 15) is 12.8 Å². The molecule has 0 unspecified atom stereocenters. The van der Waals surface area contributed by atoms with E-state index < -0.39 is 20.7 Å². The first-order chi connectivity index (χ1) is 9.94. The van der Waals surface area contributed by atoms with Crippen LogP contribution in [0.2, 0.25) is 0 Å². The van der Waals surface area contributed by atoms with Gasteiger partial charge in [0.05, 0.1) is 6.61 Å². The molecule has 112 valence electrons. The number of benzene rings is 2. The van der Waals surface area contributed by atoms with Crippen LogP contribution < -0.4 is 4.72 Å². The van der Waals surface area contributed by atoms with E-state index in [2.05, 4.69) is 20.7 Å². The van der Waals surface area contributed by atoms with Gasteiger partial charge >= 0.3 is 0 Å². The summed E-state index contributed by atoms with van der Waals surface area (Å²) in [6.07, 6.45) is 0. The number of aliphatic hydroxyl groups is 1. The van der Waals surface area contributed by atoms with Crippen LogP contribution in [0.25, 0.3) is 0 Å². The highest BCUT2D eigenvalue weighted by Gasteiger charge is 2.19. The number of sulfonamides is 1. The Labute approximate surface area is 130 Å². The molecule has 2 N–H and O–H groups in total. The number of hydrogen-bond acceptors (Lipinski definition) is 3. The molecular weight excluding hydrogens is 361 g/mol. The van der Waals surface area contributed by atoms with E-state index in [-0.39, 0.29) is 13.2 Å². The molecule has 2 rings (SSSR count). The fourth-order valence-corrected chi connectivity index (χ4v) is 3.24. The molecule has 4 nitrogen and oxygen atoms in total. The molecule has 2 aromatic carbocycles. The molecule has 0 aliphatic carbocycles. The van der Waals surface area contributed by atoms with Gasteiger partial charge in [-0.05, 0) is 29.3 Å². The van der Waals surface area contributed by atoms with Gasteiger partial charge in [0.1, 0.15) is 10.7 Å². The van der Waals surface area contributed by atoms with Gasteiger partial charge in [-0.15, -0.1) is 0 Å². The van der Waals surface area contributed by atoms with Gasteiger partial charge in [-0.3, -0.25) is 0 Å². The van der Waals surface area contributed by atoms with Crippen molar-refractivity contribution in [2.24, 2.45) is 0 Å². The Hall–Kier alpha value is -1.28. The van der Waals surface area contributed by atoms with E-state index in [1.54, 1.807) is 18.2 Å². The van der Waals surface area contributed by atoms with Crippen molar-refractivity contribution in [3.63, 3.8) is 0 Å². The molecule has 0 aliphatic rings. The summed E-state index contributed by atoms with van der Waals surface area (Å²) in [6, 6.07) is 10.7. The van der Waals surface area contributed by atoms with E-state index in [0.29, 0.717) is 5.56 Å². The average Bonchev–Trinajstić information content (AvgIpc) is 2.46. The lowest BCUT2D eigenvalue weighted by Crippen LogP contribution is -2.24. The number of hydrogen-bond donors (Lipinski definition) is 2. The molecule has 7 heteroatoms. The predicted octanol–water partition coefficient (Wildman–Crippen LogP) is 2.56. The maximum absolute atomic E-state index is 13.8. The number of aliphatic hydroxyl groups excluding tert-OH is 1. The quantitative estimate of drug-likeness (QED) is 0.846. The molecule has 0 radical (unpaired) electrons. The summed E-state index contributed by atoms with van der Waals surface area (Å²) in [5, 5.41) is 8.90. The van der Waals surface area contributed by atoms with Crippen molar-refractivity contribution >= 4 is 26.0 Å². The van der Waals surface area contributed by atoms with Crippen molar-refractivity contribution in [3.05, 3.63) is 63.9 Å². The van der Waals surface area contributed by atoms with Gasteiger partial charge in [-0.1, -0.05) is 40.2 Å². The van der Waals surface area contributed by atoms with Crippen LogP contribution in [0, 0.1) is 5.82 Å². The SMILES string of the molecule is O=S(=O)(NCc1ccccc1Br)c1ccc(CO)cc1F. The zero-order chi connectivity index (χ0) is 15.5. The molecule has 0 fully saturated rings. The summed E-state index contributed by atoms with van der Waals surface area (Å²) in [6.45, 7) is -0.299. The Kier molecular flexibility index (Phi) is 5.10. The maximum Gasteiger partial charge on any atom is 0.243 e. The molecule has 0 amide bonds. The Morgan fingerprint density at radius 1 is 1.19 bits per heavy atom. The molecule has 2 aromatic rings. The van der Waals surface area contributed by atoms with Gasteiger partial charge < -0.3 is 5.11 Å². The first kappa shape index (κ1) is 16.1. The minimum Gasteiger partial charge on any atom is -0.392 e. The smallest absolute Gasteiger partial charge is 0.243 e. The topological polar surface area (TPSA) is 66.4 Å². The Balaban J connectivity index is 2.21. The minimum absolute atomic E-state index is 0.0466. The van der Waals surface area contributed by atoms with E-state index >= 15 is 0 Å². The van der Waals surface area contributed by atoms with Gasteiger partial charge in [0.15, 0.2) is 0 Å². The summed E-state index contributed by atoms with van der Waals surface area (Å²) in [5.74, 6) is -0.888. The monoisotopic (exact) mass is 373 g/mol. The van der Waals surface area contributed by atoms with Gasteiger partial charge in [0.2, 0.25) is 10.0 Å². The Bertz CT molecular complexity index is 750. The molecule has 0 atom stereocenters. The Morgan fingerprint density at radius 3 is 2.52 bits per heavy atom. The third-order valence-electron chi connectivity index (χ3n) is 2.88. The summed E-state index contributed by atoms with van der Waals surface area (Å²) in [7, 11) is -3.96. The maximum atomic E-state index is 13.8. The minimum atomic E-state index is -3.96. The molecule has 0 saturated carbocycles. The van der Waals surface area contributed by atoms with Crippen molar-refractivity contribution in [3.8, 4) is 0 Å². The van der Waals surface area contributed by atoms with E-state index in [1.165, 1.54) is 6.07 Å². The van der Waals surface area contributed by atoms with Crippen LogP contribution in [-0.2, 0) is 23.2 Å². The third kappa shape index (κ3) is 3.88. The van der Waals surface area contributed by atoms with E-state index in [0.717, 1.165) is 22.2 Å². The molecular formula is C14H13BrFNO3S. The van der Waals surface area contributed by atoms with E-state index in [1.807, 2.05) is 6.07 Å². The first-order valence-electron chi connectivity index (χ1n) is 6.06. The van der Waals surface area contributed by atoms with Crippen molar-refractivity contribution in [1.29, 1.82) is 0 Å². The van der Waals surface area contributed by atoms with Crippen LogP contribution in [0.15, 0.2) is 51.8 Å². The second-order valence-electron chi connectivity index (χ2n) is 4.34. The predicted molar refractivity (Wildman–Crippen MR) is 80.5 cm³/mol. The molecule has 21 heavy (non-hydrogen) atoms. The van der Waals surface area contributed by atoms with Crippen molar-refractivity contribution in [1.82, 2.24) is 4.72 Å². The van der Waals surface area contributed by atoms with Crippen LogP contribution in [0.1, 0.15) is 11.1 Å². The summed E-state index contributed by atoms with van der Waals surface area (Å²) in [4.78, 5) is -0.438. The molecule has 0 aromatic heterocycles. The van der Waals surface area contributed by atoms with Crippen molar-refractivity contribution in [2.75, 3.05) is 0 Å². The van der Waals surface area contributed by atoms with Crippen LogP contribution in [0.4, 0.5) is 4.39 Å². The third-order valence-corrected chi connectivity index (χ3v) is 5.09. The van der Waals surface area contributed by atoms with Gasteiger partial charge in [0, 0.05) is 11.0 Å². The zero-order valence-electron chi connectivity index (χ0n) is 10.9.